The van der Waals surface area contributed by atoms with Gasteiger partial charge in [0.15, 0.2) is 0 Å². The van der Waals surface area contributed by atoms with Crippen molar-refractivity contribution in [1.29, 1.82) is 0 Å². The summed E-state index contributed by atoms with van der Waals surface area (Å²) in [5, 5.41) is 23.7. The number of ether oxygens (including phenoxy) is 1. The van der Waals surface area contributed by atoms with Crippen LogP contribution in [0.2, 0.25) is 0 Å². The Morgan fingerprint density at radius 1 is 0.492 bits per heavy atom. The SMILES string of the molecule is CC/C=C/C=C/C=C\CCCCCC(CC(=O)NC(CO)C(O)CCCCCCCCCCCCCC)OC(=O)CCCCCCCCCCC/C=C/CCCCCCCC. The smallest absolute Gasteiger partial charge is 0.306 e. The minimum absolute atomic E-state index is 0.0546. The third-order valence-corrected chi connectivity index (χ3v) is 12.0. The normalized spacial score (nSPS) is 13.6. The quantitative estimate of drug-likeness (QED) is 0.0245. The van der Waals surface area contributed by atoms with E-state index in [-0.39, 0.29) is 24.9 Å². The Morgan fingerprint density at radius 3 is 1.39 bits per heavy atom. The molecule has 3 atom stereocenters. The van der Waals surface area contributed by atoms with Crippen LogP contribution in [0.3, 0.4) is 0 Å². The molecule has 0 aliphatic rings. The number of aliphatic hydroxyl groups is 2. The second kappa shape index (κ2) is 48.8. The molecule has 0 heterocycles. The van der Waals surface area contributed by atoms with Gasteiger partial charge in [0, 0.05) is 6.42 Å². The zero-order valence-electron chi connectivity index (χ0n) is 40.5. The first kappa shape index (κ1) is 58.8. The summed E-state index contributed by atoms with van der Waals surface area (Å²) in [5.41, 5.74) is 0. The third kappa shape index (κ3) is 44.2. The second-order valence-corrected chi connectivity index (χ2v) is 18.0. The molecule has 0 aliphatic heterocycles. The van der Waals surface area contributed by atoms with E-state index in [1.165, 1.54) is 148 Å². The average Bonchev–Trinajstić information content (AvgIpc) is 3.25. The maximum Gasteiger partial charge on any atom is 0.306 e. The van der Waals surface area contributed by atoms with Crippen molar-refractivity contribution < 1.29 is 24.5 Å². The van der Waals surface area contributed by atoms with Crippen LogP contribution in [-0.2, 0) is 14.3 Å². The number of amides is 1. The number of aliphatic hydroxyl groups excluding tert-OH is 2. The zero-order valence-corrected chi connectivity index (χ0v) is 40.5. The van der Waals surface area contributed by atoms with Crippen LogP contribution < -0.4 is 5.32 Å². The van der Waals surface area contributed by atoms with Gasteiger partial charge in [0.1, 0.15) is 6.10 Å². The van der Waals surface area contributed by atoms with Crippen LogP contribution in [0.25, 0.3) is 0 Å². The van der Waals surface area contributed by atoms with Crippen LogP contribution in [0.15, 0.2) is 48.6 Å². The van der Waals surface area contributed by atoms with Crippen LogP contribution >= 0.6 is 0 Å². The molecule has 0 saturated carbocycles. The van der Waals surface area contributed by atoms with Crippen LogP contribution in [0, 0.1) is 0 Å². The minimum atomic E-state index is -0.796. The molecule has 0 aromatic heterocycles. The molecule has 0 aromatic rings. The summed E-state index contributed by atoms with van der Waals surface area (Å²) in [4.78, 5) is 26.1. The number of rotatable bonds is 47. The number of hydrogen-bond donors (Lipinski definition) is 3. The molecular weight excluding hydrogens is 755 g/mol. The maximum absolute atomic E-state index is 13.2. The van der Waals surface area contributed by atoms with Crippen molar-refractivity contribution in [2.24, 2.45) is 0 Å². The Kier molecular flexibility index (Phi) is 47.1. The first-order chi connectivity index (χ1) is 30.0. The molecule has 0 bridgehead atoms. The fraction of sp³-hybridized carbons (Fsp3) is 0.818. The van der Waals surface area contributed by atoms with Gasteiger partial charge in [-0.2, -0.15) is 0 Å². The summed E-state index contributed by atoms with van der Waals surface area (Å²) < 4.78 is 5.92. The lowest BCUT2D eigenvalue weighted by Crippen LogP contribution is -2.46. The van der Waals surface area contributed by atoms with Gasteiger partial charge in [-0.3, -0.25) is 9.59 Å². The van der Waals surface area contributed by atoms with Gasteiger partial charge in [0.2, 0.25) is 5.91 Å². The van der Waals surface area contributed by atoms with Crippen molar-refractivity contribution in [2.45, 2.75) is 283 Å². The van der Waals surface area contributed by atoms with E-state index in [0.717, 1.165) is 70.6 Å². The van der Waals surface area contributed by atoms with Crippen molar-refractivity contribution in [2.75, 3.05) is 6.61 Å². The fourth-order valence-corrected chi connectivity index (χ4v) is 7.96. The largest absolute Gasteiger partial charge is 0.462 e. The van der Waals surface area contributed by atoms with Gasteiger partial charge in [-0.05, 0) is 70.6 Å². The summed E-state index contributed by atoms with van der Waals surface area (Å²) in [7, 11) is 0. The Morgan fingerprint density at radius 2 is 0.902 bits per heavy atom. The highest BCUT2D eigenvalue weighted by Crippen LogP contribution is 2.18. The first-order valence-corrected chi connectivity index (χ1v) is 26.4. The van der Waals surface area contributed by atoms with E-state index in [9.17, 15) is 19.8 Å². The molecular formula is C55H101NO5. The molecule has 0 aromatic carbocycles. The van der Waals surface area contributed by atoms with E-state index in [4.69, 9.17) is 4.74 Å². The molecule has 3 N–H and O–H groups in total. The number of carbonyl (C=O) groups is 2. The Balaban J connectivity index is 4.50. The summed E-state index contributed by atoms with van der Waals surface area (Å²) in [6.07, 6.45) is 59.0. The van der Waals surface area contributed by atoms with E-state index >= 15 is 0 Å². The molecule has 1 amide bonds. The summed E-state index contributed by atoms with van der Waals surface area (Å²) >= 11 is 0. The van der Waals surface area contributed by atoms with Gasteiger partial charge in [0.25, 0.3) is 0 Å². The van der Waals surface area contributed by atoms with Crippen molar-refractivity contribution in [3.8, 4) is 0 Å². The van der Waals surface area contributed by atoms with Crippen molar-refractivity contribution in [3.63, 3.8) is 0 Å². The highest BCUT2D eigenvalue weighted by atomic mass is 16.5. The predicted molar refractivity (Wildman–Crippen MR) is 264 cm³/mol. The molecule has 6 nitrogen and oxygen atoms in total. The van der Waals surface area contributed by atoms with E-state index < -0.39 is 18.2 Å². The Hall–Kier alpha value is -2.18. The molecule has 0 aliphatic carbocycles. The van der Waals surface area contributed by atoms with Crippen LogP contribution in [0.1, 0.15) is 265 Å². The number of hydrogen-bond acceptors (Lipinski definition) is 5. The zero-order chi connectivity index (χ0) is 44.5. The fourth-order valence-electron chi connectivity index (χ4n) is 7.96. The predicted octanol–water partition coefficient (Wildman–Crippen LogP) is 15.8. The summed E-state index contributed by atoms with van der Waals surface area (Å²) in [6.45, 7) is 6.34. The number of nitrogens with one attached hydrogen (secondary N) is 1. The Bertz CT molecular complexity index is 1050. The molecule has 0 fully saturated rings. The van der Waals surface area contributed by atoms with E-state index in [2.05, 4.69) is 68.6 Å². The second-order valence-electron chi connectivity index (χ2n) is 18.0. The lowest BCUT2D eigenvalue weighted by molar-refractivity contribution is -0.151. The monoisotopic (exact) mass is 856 g/mol. The summed E-state index contributed by atoms with van der Waals surface area (Å²) in [5.74, 6) is -0.506. The van der Waals surface area contributed by atoms with Crippen LogP contribution in [0.5, 0.6) is 0 Å². The molecule has 0 rings (SSSR count). The standard InChI is InChI=1S/C55H101NO5/c1-4-7-10-13-16-19-22-24-25-26-27-28-29-30-33-36-39-42-45-48-55(60)61-51(46-43-40-37-34-31-21-18-15-12-9-6-3)49-54(59)56-52(50-57)53(58)47-44-41-38-35-32-23-20-17-14-11-8-5-2/h9,12,15,18,21,24-25,31,51-53,57-58H,4-8,10-11,13-14,16-17,19-20,22-23,26-30,32-50H2,1-3H3,(H,56,59)/b12-9+,18-15+,25-24+,31-21-. The Labute approximate surface area is 378 Å². The highest BCUT2D eigenvalue weighted by molar-refractivity contribution is 5.77. The maximum atomic E-state index is 13.2. The average molecular weight is 856 g/mol. The highest BCUT2D eigenvalue weighted by Gasteiger charge is 2.24. The van der Waals surface area contributed by atoms with Gasteiger partial charge >= 0.3 is 5.97 Å². The van der Waals surface area contributed by atoms with Gasteiger partial charge in [0.05, 0.1) is 25.2 Å². The third-order valence-electron chi connectivity index (χ3n) is 12.0. The molecule has 0 saturated heterocycles. The van der Waals surface area contributed by atoms with Crippen molar-refractivity contribution >= 4 is 11.9 Å². The van der Waals surface area contributed by atoms with Gasteiger partial charge < -0.3 is 20.3 Å². The van der Waals surface area contributed by atoms with Crippen molar-refractivity contribution in [1.82, 2.24) is 5.32 Å². The minimum Gasteiger partial charge on any atom is -0.462 e. The molecule has 6 heteroatoms. The molecule has 3 unspecified atom stereocenters. The number of carbonyl (C=O) groups excluding carboxylic acids is 2. The molecule has 356 valence electrons. The number of unbranched alkanes of at least 4 members (excludes halogenated alkanes) is 29. The van der Waals surface area contributed by atoms with Crippen LogP contribution in [0.4, 0.5) is 0 Å². The topological polar surface area (TPSA) is 95.9 Å². The van der Waals surface area contributed by atoms with Crippen molar-refractivity contribution in [3.05, 3.63) is 48.6 Å². The van der Waals surface area contributed by atoms with Gasteiger partial charge in [-0.1, -0.05) is 230 Å². The number of allylic oxidation sites excluding steroid dienone is 8. The van der Waals surface area contributed by atoms with Gasteiger partial charge in [-0.15, -0.1) is 0 Å². The first-order valence-electron chi connectivity index (χ1n) is 26.4. The lowest BCUT2D eigenvalue weighted by atomic mass is 10.0. The van der Waals surface area contributed by atoms with E-state index in [0.29, 0.717) is 19.3 Å². The molecule has 0 spiro atoms. The molecule has 0 radical (unpaired) electrons. The number of esters is 1. The van der Waals surface area contributed by atoms with E-state index in [1.807, 2.05) is 6.08 Å². The molecule has 61 heavy (non-hydrogen) atoms. The summed E-state index contributed by atoms with van der Waals surface area (Å²) in [6, 6.07) is -0.712. The lowest BCUT2D eigenvalue weighted by Gasteiger charge is -2.24. The van der Waals surface area contributed by atoms with Gasteiger partial charge in [-0.25, -0.2) is 0 Å². The van der Waals surface area contributed by atoms with E-state index in [1.54, 1.807) is 0 Å². The van der Waals surface area contributed by atoms with Crippen LogP contribution in [-0.4, -0.2) is 46.9 Å².